The van der Waals surface area contributed by atoms with Crippen molar-refractivity contribution in [3.63, 3.8) is 0 Å². The lowest BCUT2D eigenvalue weighted by Gasteiger charge is -2.17. The van der Waals surface area contributed by atoms with Gasteiger partial charge in [0.05, 0.1) is 5.92 Å². The van der Waals surface area contributed by atoms with E-state index in [1.807, 2.05) is 25.1 Å². The zero-order valence-corrected chi connectivity index (χ0v) is 14.6. The Hall–Kier alpha value is -2.34. The number of carbonyl (C=O) groups excluding carboxylic acids is 2. The van der Waals surface area contributed by atoms with Crippen LogP contribution in [0.3, 0.4) is 0 Å². The van der Waals surface area contributed by atoms with Crippen LogP contribution in [-0.4, -0.2) is 28.6 Å². The Morgan fingerprint density at radius 2 is 2.16 bits per heavy atom. The number of amides is 2. The summed E-state index contributed by atoms with van der Waals surface area (Å²) in [6.45, 7) is 2.26. The minimum atomic E-state index is -0.385. The lowest BCUT2D eigenvalue weighted by molar-refractivity contribution is -0.122. The largest absolute Gasteiger partial charge is 0.312 e. The number of nitrogens with zero attached hydrogens (tertiary/aromatic N) is 2. The van der Waals surface area contributed by atoms with Crippen LogP contribution in [0.5, 0.6) is 0 Å². The van der Waals surface area contributed by atoms with Gasteiger partial charge in [0.2, 0.25) is 11.8 Å². The molecule has 2 amide bonds. The predicted molar refractivity (Wildman–Crippen MR) is 95.8 cm³/mol. The van der Waals surface area contributed by atoms with E-state index in [0.717, 1.165) is 16.9 Å². The molecule has 2 heterocycles. The molecule has 2 N–H and O–H groups in total. The molecule has 2 aliphatic rings. The van der Waals surface area contributed by atoms with Gasteiger partial charge in [0.15, 0.2) is 5.82 Å². The Bertz CT molecular complexity index is 843. The summed E-state index contributed by atoms with van der Waals surface area (Å²) in [6, 6.07) is 7.34. The van der Waals surface area contributed by atoms with Gasteiger partial charge in [-0.05, 0) is 43.5 Å². The first-order valence-electron chi connectivity index (χ1n) is 8.44. The molecule has 1 saturated carbocycles. The van der Waals surface area contributed by atoms with Crippen LogP contribution in [0.2, 0.25) is 5.02 Å². The molecular formula is C18H19ClN4O2. The van der Waals surface area contributed by atoms with Crippen molar-refractivity contribution in [2.75, 3.05) is 16.8 Å². The summed E-state index contributed by atoms with van der Waals surface area (Å²) in [5.41, 5.74) is 2.75. The molecule has 1 atom stereocenters. The minimum absolute atomic E-state index is 0.0532. The molecular weight excluding hydrogens is 340 g/mol. The van der Waals surface area contributed by atoms with Crippen LogP contribution in [0.4, 0.5) is 11.5 Å². The van der Waals surface area contributed by atoms with Gasteiger partial charge in [0, 0.05) is 41.4 Å². The van der Waals surface area contributed by atoms with Crippen molar-refractivity contribution in [2.45, 2.75) is 32.1 Å². The van der Waals surface area contributed by atoms with Gasteiger partial charge in [-0.3, -0.25) is 14.7 Å². The van der Waals surface area contributed by atoms with Gasteiger partial charge in [-0.15, -0.1) is 0 Å². The third kappa shape index (κ3) is 3.26. The summed E-state index contributed by atoms with van der Waals surface area (Å²) < 4.78 is 0. The number of halogens is 1. The summed E-state index contributed by atoms with van der Waals surface area (Å²) in [5, 5.41) is 10.6. The second kappa shape index (κ2) is 6.19. The molecule has 4 rings (SSSR count). The Labute approximate surface area is 150 Å². The SMILES string of the molecule is Cc1cc(N2C[C@H](C(=O)Nc3cc(C4CC4)[nH]n3)CC2=O)ccc1Cl. The number of aromatic amines is 1. The third-order valence-corrected chi connectivity index (χ3v) is 5.24. The maximum Gasteiger partial charge on any atom is 0.231 e. The second-order valence-electron chi connectivity index (χ2n) is 6.81. The van der Waals surface area contributed by atoms with Crippen molar-refractivity contribution in [3.05, 3.63) is 40.5 Å². The van der Waals surface area contributed by atoms with E-state index in [1.54, 1.807) is 11.0 Å². The van der Waals surface area contributed by atoms with Crippen molar-refractivity contribution in [3.8, 4) is 0 Å². The van der Waals surface area contributed by atoms with Gasteiger partial charge in [-0.1, -0.05) is 11.6 Å². The first-order chi connectivity index (χ1) is 12.0. The fraction of sp³-hybridized carbons (Fsp3) is 0.389. The van der Waals surface area contributed by atoms with Crippen LogP contribution in [0, 0.1) is 12.8 Å². The van der Waals surface area contributed by atoms with Crippen LogP contribution in [0.25, 0.3) is 0 Å². The van der Waals surface area contributed by atoms with E-state index in [0.29, 0.717) is 23.3 Å². The molecule has 0 spiro atoms. The number of rotatable bonds is 4. The topological polar surface area (TPSA) is 78.1 Å². The molecule has 1 aromatic carbocycles. The first kappa shape index (κ1) is 16.1. The van der Waals surface area contributed by atoms with E-state index in [4.69, 9.17) is 11.6 Å². The van der Waals surface area contributed by atoms with Crippen molar-refractivity contribution in [1.82, 2.24) is 10.2 Å². The first-order valence-corrected chi connectivity index (χ1v) is 8.82. The molecule has 130 valence electrons. The zero-order chi connectivity index (χ0) is 17.6. The van der Waals surface area contributed by atoms with Crippen LogP contribution < -0.4 is 10.2 Å². The highest BCUT2D eigenvalue weighted by Crippen LogP contribution is 2.39. The van der Waals surface area contributed by atoms with Crippen molar-refractivity contribution >= 4 is 34.9 Å². The maximum absolute atomic E-state index is 12.5. The molecule has 7 heteroatoms. The second-order valence-corrected chi connectivity index (χ2v) is 7.22. The lowest BCUT2D eigenvalue weighted by Crippen LogP contribution is -2.28. The highest BCUT2D eigenvalue weighted by molar-refractivity contribution is 6.31. The zero-order valence-electron chi connectivity index (χ0n) is 13.9. The number of benzene rings is 1. The number of carbonyl (C=O) groups is 2. The molecule has 1 aromatic heterocycles. The number of hydrogen-bond acceptors (Lipinski definition) is 3. The normalized spacial score (nSPS) is 20.2. The van der Waals surface area contributed by atoms with E-state index in [-0.39, 0.29) is 24.2 Å². The number of aromatic nitrogens is 2. The average molecular weight is 359 g/mol. The van der Waals surface area contributed by atoms with Gasteiger partial charge in [0.1, 0.15) is 0 Å². The molecule has 1 aliphatic carbocycles. The number of aryl methyl sites for hydroxylation is 1. The highest BCUT2D eigenvalue weighted by Gasteiger charge is 2.35. The monoisotopic (exact) mass is 358 g/mol. The van der Waals surface area contributed by atoms with E-state index in [1.165, 1.54) is 12.8 Å². The molecule has 1 saturated heterocycles. The molecule has 2 fully saturated rings. The molecule has 0 radical (unpaired) electrons. The Morgan fingerprint density at radius 1 is 1.36 bits per heavy atom. The smallest absolute Gasteiger partial charge is 0.231 e. The fourth-order valence-electron chi connectivity index (χ4n) is 3.16. The summed E-state index contributed by atoms with van der Waals surface area (Å²) in [6.07, 6.45) is 2.54. The summed E-state index contributed by atoms with van der Waals surface area (Å²) >= 11 is 6.04. The van der Waals surface area contributed by atoms with Gasteiger partial charge < -0.3 is 10.2 Å². The minimum Gasteiger partial charge on any atom is -0.312 e. The van der Waals surface area contributed by atoms with Gasteiger partial charge in [-0.2, -0.15) is 5.10 Å². The highest BCUT2D eigenvalue weighted by atomic mass is 35.5. The fourth-order valence-corrected chi connectivity index (χ4v) is 3.28. The van der Waals surface area contributed by atoms with Crippen LogP contribution in [0.1, 0.15) is 36.4 Å². The van der Waals surface area contributed by atoms with Crippen molar-refractivity contribution in [2.24, 2.45) is 5.92 Å². The van der Waals surface area contributed by atoms with Crippen LogP contribution in [-0.2, 0) is 9.59 Å². The third-order valence-electron chi connectivity index (χ3n) is 4.82. The van der Waals surface area contributed by atoms with E-state index < -0.39 is 0 Å². The van der Waals surface area contributed by atoms with E-state index >= 15 is 0 Å². The summed E-state index contributed by atoms with van der Waals surface area (Å²) in [5.74, 6) is 0.470. The van der Waals surface area contributed by atoms with E-state index in [9.17, 15) is 9.59 Å². The quantitative estimate of drug-likeness (QED) is 0.880. The number of nitrogens with one attached hydrogen (secondary N) is 2. The van der Waals surface area contributed by atoms with Crippen molar-refractivity contribution < 1.29 is 9.59 Å². The summed E-state index contributed by atoms with van der Waals surface area (Å²) in [4.78, 5) is 26.5. The Morgan fingerprint density at radius 3 is 2.88 bits per heavy atom. The molecule has 6 nitrogen and oxygen atoms in total. The predicted octanol–water partition coefficient (Wildman–Crippen LogP) is 3.24. The number of anilines is 2. The standard InChI is InChI=1S/C18H19ClN4O2/c1-10-6-13(4-5-14(10)19)23-9-12(7-17(23)24)18(25)20-16-8-15(21-22-16)11-2-3-11/h4-6,8,11-12H,2-3,7,9H2,1H3,(H2,20,21,22,25)/t12-/m1/s1. The lowest BCUT2D eigenvalue weighted by atomic mass is 10.1. The molecule has 0 bridgehead atoms. The van der Waals surface area contributed by atoms with Crippen LogP contribution >= 0.6 is 11.6 Å². The molecule has 2 aromatic rings. The Balaban J connectivity index is 1.43. The van der Waals surface area contributed by atoms with Gasteiger partial charge >= 0.3 is 0 Å². The Kier molecular flexibility index (Phi) is 4.00. The average Bonchev–Trinajstić information content (AvgIpc) is 3.21. The van der Waals surface area contributed by atoms with Crippen LogP contribution in [0.15, 0.2) is 24.3 Å². The molecule has 25 heavy (non-hydrogen) atoms. The summed E-state index contributed by atoms with van der Waals surface area (Å²) in [7, 11) is 0. The maximum atomic E-state index is 12.5. The van der Waals surface area contributed by atoms with Gasteiger partial charge in [0.25, 0.3) is 0 Å². The number of H-pyrrole nitrogens is 1. The van der Waals surface area contributed by atoms with Crippen molar-refractivity contribution in [1.29, 1.82) is 0 Å². The molecule has 0 unspecified atom stereocenters. The van der Waals surface area contributed by atoms with E-state index in [2.05, 4.69) is 15.5 Å². The van der Waals surface area contributed by atoms with Gasteiger partial charge in [-0.25, -0.2) is 0 Å². The molecule has 1 aliphatic heterocycles. The number of hydrogen-bond donors (Lipinski definition) is 2.